The summed E-state index contributed by atoms with van der Waals surface area (Å²) >= 11 is 5.91. The van der Waals surface area contributed by atoms with E-state index in [2.05, 4.69) is 40.7 Å². The van der Waals surface area contributed by atoms with Crippen molar-refractivity contribution in [3.05, 3.63) is 88.6 Å². The van der Waals surface area contributed by atoms with E-state index in [4.69, 9.17) is 11.6 Å². The van der Waals surface area contributed by atoms with Gasteiger partial charge in [-0.15, -0.1) is 0 Å². The summed E-state index contributed by atoms with van der Waals surface area (Å²) in [6.07, 6.45) is 1.63. The summed E-state index contributed by atoms with van der Waals surface area (Å²) in [5.74, 6) is 0.534. The van der Waals surface area contributed by atoms with Gasteiger partial charge >= 0.3 is 0 Å². The number of anilines is 2. The fourth-order valence-electron chi connectivity index (χ4n) is 2.42. The van der Waals surface area contributed by atoms with Crippen molar-refractivity contribution in [2.45, 2.75) is 13.5 Å². The Kier molecular flexibility index (Phi) is 5.31. The summed E-state index contributed by atoms with van der Waals surface area (Å²) in [5, 5.41) is 6.60. The van der Waals surface area contributed by atoms with Gasteiger partial charge in [0, 0.05) is 17.1 Å². The van der Waals surface area contributed by atoms with E-state index in [-0.39, 0.29) is 5.91 Å². The van der Waals surface area contributed by atoms with E-state index in [9.17, 15) is 4.79 Å². The lowest BCUT2D eigenvalue weighted by Crippen LogP contribution is -2.12. The minimum absolute atomic E-state index is 0.218. The lowest BCUT2D eigenvalue weighted by Gasteiger charge is -2.08. The van der Waals surface area contributed by atoms with Crippen molar-refractivity contribution in [1.29, 1.82) is 0 Å². The molecule has 0 aliphatic heterocycles. The number of carbonyl (C=O) groups excluding carboxylic acids is 1. The Labute approximate surface area is 151 Å². The Morgan fingerprint density at radius 2 is 1.92 bits per heavy atom. The Hall–Kier alpha value is -2.85. The second kappa shape index (κ2) is 7.81. The van der Waals surface area contributed by atoms with Gasteiger partial charge in [-0.1, -0.05) is 47.5 Å². The first-order valence-electron chi connectivity index (χ1n) is 7.92. The van der Waals surface area contributed by atoms with Gasteiger partial charge in [-0.3, -0.25) is 4.79 Å². The van der Waals surface area contributed by atoms with Gasteiger partial charge in [0.25, 0.3) is 5.91 Å². The molecule has 0 unspecified atom stereocenters. The molecule has 0 radical (unpaired) electrons. The molecule has 2 N–H and O–H groups in total. The third-order valence-electron chi connectivity index (χ3n) is 3.66. The molecule has 0 aliphatic rings. The molecule has 2 aromatic carbocycles. The van der Waals surface area contributed by atoms with Crippen LogP contribution in [0.3, 0.4) is 0 Å². The van der Waals surface area contributed by atoms with Crippen molar-refractivity contribution in [2.24, 2.45) is 0 Å². The Balaban J connectivity index is 1.59. The number of carbonyl (C=O) groups is 1. The lowest BCUT2D eigenvalue weighted by atomic mass is 10.1. The molecule has 0 spiro atoms. The third-order valence-corrected chi connectivity index (χ3v) is 3.90. The van der Waals surface area contributed by atoms with Crippen LogP contribution in [-0.4, -0.2) is 10.9 Å². The molecule has 4 nitrogen and oxygen atoms in total. The number of pyridine rings is 1. The van der Waals surface area contributed by atoms with Crippen LogP contribution >= 0.6 is 11.6 Å². The first-order chi connectivity index (χ1) is 12.1. The fourth-order valence-corrected chi connectivity index (χ4v) is 2.61. The number of amides is 1. The zero-order valence-corrected chi connectivity index (χ0v) is 14.5. The number of aryl methyl sites for hydroxylation is 1. The Bertz CT molecular complexity index is 878. The van der Waals surface area contributed by atoms with Gasteiger partial charge in [0.05, 0.1) is 11.9 Å². The van der Waals surface area contributed by atoms with E-state index >= 15 is 0 Å². The normalized spacial score (nSPS) is 10.3. The van der Waals surface area contributed by atoms with Crippen LogP contribution in [0.15, 0.2) is 66.9 Å². The zero-order chi connectivity index (χ0) is 17.6. The summed E-state index contributed by atoms with van der Waals surface area (Å²) in [5.41, 5.74) is 3.56. The summed E-state index contributed by atoms with van der Waals surface area (Å²) in [7, 11) is 0. The number of nitrogens with zero attached hydrogens (tertiary/aromatic N) is 1. The average molecular weight is 352 g/mol. The molecular weight excluding hydrogens is 334 g/mol. The zero-order valence-electron chi connectivity index (χ0n) is 13.8. The molecule has 5 heteroatoms. The van der Waals surface area contributed by atoms with Gasteiger partial charge in [-0.2, -0.15) is 0 Å². The van der Waals surface area contributed by atoms with Crippen LogP contribution in [0.5, 0.6) is 0 Å². The van der Waals surface area contributed by atoms with Crippen LogP contribution in [0.4, 0.5) is 11.5 Å². The summed E-state index contributed by atoms with van der Waals surface area (Å²) in [6.45, 7) is 2.77. The Morgan fingerprint density at radius 1 is 1.08 bits per heavy atom. The third kappa shape index (κ3) is 4.81. The topological polar surface area (TPSA) is 54.0 Å². The maximum absolute atomic E-state index is 12.2. The molecule has 0 aliphatic carbocycles. The number of nitrogens with one attached hydrogen (secondary N) is 2. The fraction of sp³-hybridized carbons (Fsp3) is 0.100. The first kappa shape index (κ1) is 17.0. The summed E-state index contributed by atoms with van der Waals surface area (Å²) in [6, 6.07) is 18.8. The number of hydrogen-bond acceptors (Lipinski definition) is 3. The van der Waals surface area contributed by atoms with E-state index in [0.29, 0.717) is 22.8 Å². The van der Waals surface area contributed by atoms with E-state index in [0.717, 1.165) is 5.82 Å². The molecule has 0 fully saturated rings. The highest BCUT2D eigenvalue weighted by atomic mass is 35.5. The minimum Gasteiger partial charge on any atom is -0.366 e. The van der Waals surface area contributed by atoms with E-state index < -0.39 is 0 Å². The lowest BCUT2D eigenvalue weighted by molar-refractivity contribution is 0.102. The van der Waals surface area contributed by atoms with Crippen LogP contribution in [0, 0.1) is 6.92 Å². The molecule has 3 rings (SSSR count). The van der Waals surface area contributed by atoms with Crippen LogP contribution in [0.1, 0.15) is 21.5 Å². The Morgan fingerprint density at radius 3 is 2.64 bits per heavy atom. The van der Waals surface area contributed by atoms with Crippen molar-refractivity contribution in [2.75, 3.05) is 10.6 Å². The molecule has 0 bridgehead atoms. The highest BCUT2D eigenvalue weighted by Crippen LogP contribution is 2.15. The molecule has 3 aromatic rings. The van der Waals surface area contributed by atoms with Gasteiger partial charge in [0.1, 0.15) is 5.82 Å². The van der Waals surface area contributed by atoms with Crippen LogP contribution in [0.25, 0.3) is 0 Å². The SMILES string of the molecule is Cc1cccc(CNc2ccc(NC(=O)c3cccc(Cl)c3)cn2)c1. The maximum Gasteiger partial charge on any atom is 0.255 e. The molecular formula is C20H18ClN3O. The van der Waals surface area contributed by atoms with Crippen molar-refractivity contribution >= 4 is 29.0 Å². The number of aromatic nitrogens is 1. The molecule has 0 saturated heterocycles. The summed E-state index contributed by atoms with van der Waals surface area (Å²) in [4.78, 5) is 16.5. The molecule has 1 amide bonds. The molecule has 0 saturated carbocycles. The molecule has 25 heavy (non-hydrogen) atoms. The molecule has 1 heterocycles. The maximum atomic E-state index is 12.2. The second-order valence-corrected chi connectivity index (χ2v) is 6.18. The number of halogens is 1. The van der Waals surface area contributed by atoms with Crippen molar-refractivity contribution in [3.63, 3.8) is 0 Å². The number of rotatable bonds is 5. The highest BCUT2D eigenvalue weighted by molar-refractivity contribution is 6.31. The van der Waals surface area contributed by atoms with Crippen molar-refractivity contribution in [1.82, 2.24) is 4.98 Å². The first-order valence-corrected chi connectivity index (χ1v) is 8.30. The minimum atomic E-state index is -0.218. The number of benzene rings is 2. The van der Waals surface area contributed by atoms with Gasteiger partial charge in [0.15, 0.2) is 0 Å². The molecule has 0 atom stereocenters. The van der Waals surface area contributed by atoms with Crippen molar-refractivity contribution < 1.29 is 4.79 Å². The number of hydrogen-bond donors (Lipinski definition) is 2. The van der Waals surface area contributed by atoms with Crippen LogP contribution < -0.4 is 10.6 Å². The standard InChI is InChI=1S/C20H18ClN3O/c1-14-4-2-5-15(10-14)12-22-19-9-8-18(13-23-19)24-20(25)16-6-3-7-17(21)11-16/h2-11,13H,12H2,1H3,(H,22,23)(H,24,25). The highest BCUT2D eigenvalue weighted by Gasteiger charge is 2.06. The van der Waals surface area contributed by atoms with Crippen LogP contribution in [0.2, 0.25) is 5.02 Å². The predicted molar refractivity (Wildman–Crippen MR) is 102 cm³/mol. The van der Waals surface area contributed by atoms with Gasteiger partial charge in [0.2, 0.25) is 0 Å². The van der Waals surface area contributed by atoms with Crippen molar-refractivity contribution in [3.8, 4) is 0 Å². The average Bonchev–Trinajstić information content (AvgIpc) is 2.61. The van der Waals surface area contributed by atoms with E-state index in [1.165, 1.54) is 11.1 Å². The van der Waals surface area contributed by atoms with Crippen LogP contribution in [-0.2, 0) is 6.54 Å². The largest absolute Gasteiger partial charge is 0.366 e. The van der Waals surface area contributed by atoms with E-state index in [1.54, 1.807) is 30.5 Å². The second-order valence-electron chi connectivity index (χ2n) is 5.74. The van der Waals surface area contributed by atoms with Gasteiger partial charge in [-0.05, 0) is 42.8 Å². The quantitative estimate of drug-likeness (QED) is 0.686. The molecule has 126 valence electrons. The molecule has 1 aromatic heterocycles. The monoisotopic (exact) mass is 351 g/mol. The van der Waals surface area contributed by atoms with Gasteiger partial charge in [-0.25, -0.2) is 4.98 Å². The van der Waals surface area contributed by atoms with E-state index in [1.807, 2.05) is 18.2 Å². The predicted octanol–water partition coefficient (Wildman–Crippen LogP) is 4.91. The van der Waals surface area contributed by atoms with Gasteiger partial charge < -0.3 is 10.6 Å². The smallest absolute Gasteiger partial charge is 0.255 e. The summed E-state index contributed by atoms with van der Waals surface area (Å²) < 4.78 is 0.